The lowest BCUT2D eigenvalue weighted by molar-refractivity contribution is -0.141. The Kier molecular flexibility index (Phi) is 5.20. The van der Waals surface area contributed by atoms with Gasteiger partial charge in [0, 0.05) is 12.0 Å². The molecular weight excluding hydrogens is 272 g/mol. The molecule has 2 fully saturated rings. The van der Waals surface area contributed by atoms with Crippen LogP contribution in [0.3, 0.4) is 0 Å². The SMILES string of the molecule is CC(NC(=O)C1CCCC1)C(=O)N[C@@H]1CC[C@H](C(=O)O)C1. The largest absolute Gasteiger partial charge is 0.481 e. The maximum absolute atomic E-state index is 12.1. The lowest BCUT2D eigenvalue weighted by atomic mass is 10.1. The molecule has 1 unspecified atom stereocenters. The second-order valence-corrected chi connectivity index (χ2v) is 6.27. The fourth-order valence-electron chi connectivity index (χ4n) is 3.25. The Balaban J connectivity index is 1.75. The molecule has 2 rings (SSSR count). The minimum absolute atomic E-state index is 0.0371. The number of aliphatic carboxylic acids is 1. The first-order valence-electron chi connectivity index (χ1n) is 7.81. The van der Waals surface area contributed by atoms with E-state index in [0.29, 0.717) is 19.3 Å². The van der Waals surface area contributed by atoms with Gasteiger partial charge in [-0.05, 0) is 39.0 Å². The van der Waals surface area contributed by atoms with Gasteiger partial charge >= 0.3 is 5.97 Å². The van der Waals surface area contributed by atoms with Crippen molar-refractivity contribution in [1.29, 1.82) is 0 Å². The summed E-state index contributed by atoms with van der Waals surface area (Å²) >= 11 is 0. The number of rotatable bonds is 5. The lowest BCUT2D eigenvalue weighted by Gasteiger charge is -2.19. The summed E-state index contributed by atoms with van der Waals surface area (Å²) < 4.78 is 0. The number of nitrogens with one attached hydrogen (secondary N) is 2. The third-order valence-corrected chi connectivity index (χ3v) is 4.61. The van der Waals surface area contributed by atoms with Crippen molar-refractivity contribution < 1.29 is 19.5 Å². The van der Waals surface area contributed by atoms with Gasteiger partial charge in [-0.1, -0.05) is 12.8 Å². The van der Waals surface area contributed by atoms with E-state index in [1.54, 1.807) is 6.92 Å². The maximum Gasteiger partial charge on any atom is 0.306 e. The molecule has 2 amide bonds. The van der Waals surface area contributed by atoms with Crippen LogP contribution in [0.5, 0.6) is 0 Å². The minimum Gasteiger partial charge on any atom is -0.481 e. The van der Waals surface area contributed by atoms with E-state index >= 15 is 0 Å². The molecule has 0 aromatic rings. The Hall–Kier alpha value is -1.59. The molecule has 0 heterocycles. The summed E-state index contributed by atoms with van der Waals surface area (Å²) in [4.78, 5) is 34.9. The van der Waals surface area contributed by atoms with Crippen LogP contribution in [0.15, 0.2) is 0 Å². The molecule has 118 valence electrons. The first-order valence-corrected chi connectivity index (χ1v) is 7.81. The van der Waals surface area contributed by atoms with Gasteiger partial charge in [0.2, 0.25) is 11.8 Å². The standard InChI is InChI=1S/C15H24N2O4/c1-9(16-14(19)10-4-2-3-5-10)13(18)17-12-7-6-11(8-12)15(20)21/h9-12H,2-8H2,1H3,(H,16,19)(H,17,18)(H,20,21)/t9?,11-,12+/m0/s1. The number of carbonyl (C=O) groups is 3. The quantitative estimate of drug-likeness (QED) is 0.706. The molecule has 2 aliphatic rings. The monoisotopic (exact) mass is 296 g/mol. The van der Waals surface area contributed by atoms with Crippen LogP contribution < -0.4 is 10.6 Å². The molecule has 0 saturated heterocycles. The molecule has 6 heteroatoms. The smallest absolute Gasteiger partial charge is 0.306 e. The molecule has 21 heavy (non-hydrogen) atoms. The first kappa shape index (κ1) is 15.8. The minimum atomic E-state index is -0.797. The average Bonchev–Trinajstić information content (AvgIpc) is 3.09. The Morgan fingerprint density at radius 1 is 1.05 bits per heavy atom. The Labute approximate surface area is 124 Å². The van der Waals surface area contributed by atoms with E-state index in [4.69, 9.17) is 5.11 Å². The van der Waals surface area contributed by atoms with Gasteiger partial charge in [0.05, 0.1) is 5.92 Å². The fourth-order valence-corrected chi connectivity index (χ4v) is 3.25. The lowest BCUT2D eigenvalue weighted by Crippen LogP contribution is -2.48. The van der Waals surface area contributed by atoms with Crippen LogP contribution >= 0.6 is 0 Å². The number of hydrogen-bond acceptors (Lipinski definition) is 3. The van der Waals surface area contributed by atoms with E-state index in [2.05, 4.69) is 10.6 Å². The average molecular weight is 296 g/mol. The molecule has 0 radical (unpaired) electrons. The zero-order valence-electron chi connectivity index (χ0n) is 12.4. The molecule has 0 aromatic heterocycles. The van der Waals surface area contributed by atoms with Crippen LogP contribution in [0.2, 0.25) is 0 Å². The van der Waals surface area contributed by atoms with Crippen molar-refractivity contribution in [2.24, 2.45) is 11.8 Å². The zero-order valence-corrected chi connectivity index (χ0v) is 12.4. The van der Waals surface area contributed by atoms with Gasteiger partial charge in [0.25, 0.3) is 0 Å². The van der Waals surface area contributed by atoms with Gasteiger partial charge in [-0.15, -0.1) is 0 Å². The Bertz CT molecular complexity index is 418. The summed E-state index contributed by atoms with van der Waals surface area (Å²) in [5, 5.41) is 14.5. The third-order valence-electron chi connectivity index (χ3n) is 4.61. The van der Waals surface area contributed by atoms with E-state index in [1.807, 2.05) is 0 Å². The molecule has 0 spiro atoms. The fraction of sp³-hybridized carbons (Fsp3) is 0.800. The summed E-state index contributed by atoms with van der Waals surface area (Å²) in [6.45, 7) is 1.67. The summed E-state index contributed by atoms with van der Waals surface area (Å²) in [7, 11) is 0. The molecule has 2 saturated carbocycles. The normalized spacial score (nSPS) is 27.3. The third kappa shape index (κ3) is 4.19. The second-order valence-electron chi connectivity index (χ2n) is 6.27. The molecule has 0 bridgehead atoms. The maximum atomic E-state index is 12.1. The summed E-state index contributed by atoms with van der Waals surface area (Å²) in [5.74, 6) is -1.38. The number of hydrogen-bond donors (Lipinski definition) is 3. The number of amides is 2. The number of carboxylic acids is 1. The highest BCUT2D eigenvalue weighted by molar-refractivity contribution is 5.88. The van der Waals surface area contributed by atoms with Crippen LogP contribution in [0.1, 0.15) is 51.9 Å². The van der Waals surface area contributed by atoms with Gasteiger partial charge in [0.1, 0.15) is 6.04 Å². The van der Waals surface area contributed by atoms with E-state index in [-0.39, 0.29) is 29.7 Å². The van der Waals surface area contributed by atoms with Crippen molar-refractivity contribution in [2.75, 3.05) is 0 Å². The van der Waals surface area contributed by atoms with Crippen LogP contribution in [0, 0.1) is 11.8 Å². The van der Waals surface area contributed by atoms with E-state index in [0.717, 1.165) is 25.7 Å². The van der Waals surface area contributed by atoms with Crippen LogP contribution in [-0.2, 0) is 14.4 Å². The Morgan fingerprint density at radius 3 is 2.29 bits per heavy atom. The van der Waals surface area contributed by atoms with Crippen molar-refractivity contribution in [2.45, 2.75) is 64.0 Å². The summed E-state index contributed by atoms with van der Waals surface area (Å²) in [6, 6.07) is -0.661. The molecule has 6 nitrogen and oxygen atoms in total. The molecule has 3 N–H and O–H groups in total. The van der Waals surface area contributed by atoms with Gasteiger partial charge in [-0.3, -0.25) is 14.4 Å². The highest BCUT2D eigenvalue weighted by atomic mass is 16.4. The van der Waals surface area contributed by atoms with Gasteiger partial charge < -0.3 is 15.7 Å². The van der Waals surface area contributed by atoms with Crippen molar-refractivity contribution in [1.82, 2.24) is 10.6 Å². The summed E-state index contributed by atoms with van der Waals surface area (Å²) in [6.07, 6.45) is 5.74. The molecular formula is C15H24N2O4. The molecule has 0 aromatic carbocycles. The number of carboxylic acid groups (broad SMARTS) is 1. The molecule has 2 aliphatic carbocycles. The topological polar surface area (TPSA) is 95.5 Å². The molecule has 3 atom stereocenters. The summed E-state index contributed by atoms with van der Waals surface area (Å²) in [5.41, 5.74) is 0. The van der Waals surface area contributed by atoms with Crippen molar-refractivity contribution in [3.05, 3.63) is 0 Å². The van der Waals surface area contributed by atoms with Gasteiger partial charge in [-0.25, -0.2) is 0 Å². The van der Waals surface area contributed by atoms with Crippen molar-refractivity contribution in [3.8, 4) is 0 Å². The van der Waals surface area contributed by atoms with E-state index < -0.39 is 12.0 Å². The highest BCUT2D eigenvalue weighted by Gasteiger charge is 2.32. The van der Waals surface area contributed by atoms with Crippen molar-refractivity contribution >= 4 is 17.8 Å². The van der Waals surface area contributed by atoms with Crippen molar-refractivity contribution in [3.63, 3.8) is 0 Å². The van der Waals surface area contributed by atoms with Crippen LogP contribution in [-0.4, -0.2) is 35.0 Å². The van der Waals surface area contributed by atoms with E-state index in [1.165, 1.54) is 0 Å². The predicted octanol–water partition coefficient (Wildman–Crippen LogP) is 1.05. The van der Waals surface area contributed by atoms with E-state index in [9.17, 15) is 14.4 Å². The highest BCUT2D eigenvalue weighted by Crippen LogP contribution is 2.26. The molecule has 0 aliphatic heterocycles. The number of carbonyl (C=O) groups excluding carboxylic acids is 2. The van der Waals surface area contributed by atoms with Gasteiger partial charge in [-0.2, -0.15) is 0 Å². The van der Waals surface area contributed by atoms with Gasteiger partial charge in [0.15, 0.2) is 0 Å². The predicted molar refractivity (Wildman–Crippen MR) is 76.5 cm³/mol. The van der Waals surface area contributed by atoms with Crippen LogP contribution in [0.25, 0.3) is 0 Å². The Morgan fingerprint density at radius 2 is 1.71 bits per heavy atom. The first-order chi connectivity index (χ1) is 9.97. The zero-order chi connectivity index (χ0) is 15.4. The van der Waals surface area contributed by atoms with Crippen LogP contribution in [0.4, 0.5) is 0 Å². The second kappa shape index (κ2) is 6.91.